The minimum atomic E-state index is -0.131. The molecule has 3 heterocycles. The van der Waals surface area contributed by atoms with E-state index in [0.29, 0.717) is 29.8 Å². The quantitative estimate of drug-likeness (QED) is 0.868. The van der Waals surface area contributed by atoms with Gasteiger partial charge in [0.1, 0.15) is 6.04 Å². The standard InChI is InChI=1S/C19H18N2O2S/c22-18-13-3-1-2-4-14(13)19(23)21(18)11-20-9-7-16-15(8-10-24-16)17(20)12-5-6-12/h1-4,8,10,12,17H,5-7,9,11H2/p+1/t17-/m1/s1. The zero-order chi connectivity index (χ0) is 16.3. The monoisotopic (exact) mass is 339 g/mol. The van der Waals surface area contributed by atoms with E-state index in [-0.39, 0.29) is 11.8 Å². The van der Waals surface area contributed by atoms with Gasteiger partial charge in [-0.1, -0.05) is 12.1 Å². The molecule has 0 saturated heterocycles. The number of nitrogens with zero attached hydrogens (tertiary/aromatic N) is 1. The highest BCUT2D eigenvalue weighted by Crippen LogP contribution is 2.42. The van der Waals surface area contributed by atoms with Crippen LogP contribution in [0.25, 0.3) is 0 Å². The van der Waals surface area contributed by atoms with E-state index in [1.54, 1.807) is 12.1 Å². The largest absolute Gasteiger partial charge is 0.311 e. The molecule has 5 rings (SSSR count). The molecule has 1 unspecified atom stereocenters. The number of thiophene rings is 1. The number of imide groups is 1. The summed E-state index contributed by atoms with van der Waals surface area (Å²) in [6.07, 6.45) is 3.59. The normalized spacial score (nSPS) is 25.8. The molecule has 1 fully saturated rings. The number of benzene rings is 1. The molecule has 2 amide bonds. The summed E-state index contributed by atoms with van der Waals surface area (Å²) >= 11 is 1.85. The van der Waals surface area contributed by atoms with Crippen molar-refractivity contribution in [2.75, 3.05) is 13.2 Å². The molecule has 0 radical (unpaired) electrons. The van der Waals surface area contributed by atoms with Crippen LogP contribution in [0.3, 0.4) is 0 Å². The maximum absolute atomic E-state index is 12.7. The summed E-state index contributed by atoms with van der Waals surface area (Å²) < 4.78 is 0. The molecule has 1 aromatic heterocycles. The van der Waals surface area contributed by atoms with E-state index < -0.39 is 0 Å². The lowest BCUT2D eigenvalue weighted by atomic mass is 9.96. The highest BCUT2D eigenvalue weighted by atomic mass is 32.1. The molecule has 5 heteroatoms. The molecule has 2 aliphatic heterocycles. The molecule has 4 nitrogen and oxygen atoms in total. The molecule has 122 valence electrons. The summed E-state index contributed by atoms with van der Waals surface area (Å²) in [5, 5.41) is 2.19. The Kier molecular flexibility index (Phi) is 3.15. The van der Waals surface area contributed by atoms with Gasteiger partial charge in [-0.15, -0.1) is 11.3 Å². The number of carbonyl (C=O) groups excluding carboxylic acids is 2. The molecule has 0 spiro atoms. The third-order valence-electron chi connectivity index (χ3n) is 5.56. The number of quaternary nitrogens is 1. The average Bonchev–Trinajstić information content (AvgIpc) is 3.28. The number of carbonyl (C=O) groups is 2. The van der Waals surface area contributed by atoms with Crippen LogP contribution in [0.2, 0.25) is 0 Å². The second kappa shape index (κ2) is 5.26. The van der Waals surface area contributed by atoms with Crippen molar-refractivity contribution < 1.29 is 14.5 Å². The number of amides is 2. The highest BCUT2D eigenvalue weighted by molar-refractivity contribution is 7.10. The average molecular weight is 339 g/mol. The minimum absolute atomic E-state index is 0.131. The van der Waals surface area contributed by atoms with Crippen LogP contribution < -0.4 is 4.90 Å². The smallest absolute Gasteiger partial charge is 0.265 e. The van der Waals surface area contributed by atoms with Crippen molar-refractivity contribution in [1.82, 2.24) is 4.90 Å². The van der Waals surface area contributed by atoms with Crippen molar-refractivity contribution in [2.24, 2.45) is 5.92 Å². The van der Waals surface area contributed by atoms with Crippen molar-refractivity contribution in [3.63, 3.8) is 0 Å². The van der Waals surface area contributed by atoms with Gasteiger partial charge >= 0.3 is 0 Å². The molecule has 24 heavy (non-hydrogen) atoms. The first-order valence-electron chi connectivity index (χ1n) is 8.60. The van der Waals surface area contributed by atoms with E-state index in [4.69, 9.17) is 0 Å². The first-order chi connectivity index (χ1) is 11.7. The number of hydrogen-bond donors (Lipinski definition) is 1. The van der Waals surface area contributed by atoms with Gasteiger partial charge in [0.15, 0.2) is 6.67 Å². The van der Waals surface area contributed by atoms with Crippen molar-refractivity contribution >= 4 is 23.2 Å². The van der Waals surface area contributed by atoms with Crippen LogP contribution in [-0.2, 0) is 6.42 Å². The predicted octanol–water partition coefficient (Wildman–Crippen LogP) is 1.89. The first-order valence-corrected chi connectivity index (χ1v) is 9.48. The Morgan fingerprint density at radius 2 is 1.79 bits per heavy atom. The molecule has 3 aliphatic rings. The molecule has 2 atom stereocenters. The van der Waals surface area contributed by atoms with E-state index in [1.165, 1.54) is 33.1 Å². The van der Waals surface area contributed by atoms with Gasteiger partial charge in [-0.2, -0.15) is 0 Å². The zero-order valence-electron chi connectivity index (χ0n) is 13.3. The Labute approximate surface area is 144 Å². The molecule has 1 aromatic carbocycles. The van der Waals surface area contributed by atoms with Gasteiger partial charge < -0.3 is 4.90 Å². The van der Waals surface area contributed by atoms with Gasteiger partial charge in [-0.05, 0) is 36.4 Å². The lowest BCUT2D eigenvalue weighted by molar-refractivity contribution is -0.942. The van der Waals surface area contributed by atoms with Crippen LogP contribution in [0, 0.1) is 5.92 Å². The molecule has 0 bridgehead atoms. The zero-order valence-corrected chi connectivity index (χ0v) is 14.1. The maximum Gasteiger partial charge on any atom is 0.265 e. The highest BCUT2D eigenvalue weighted by Gasteiger charge is 2.46. The molecular weight excluding hydrogens is 320 g/mol. The van der Waals surface area contributed by atoms with Crippen LogP contribution >= 0.6 is 11.3 Å². The van der Waals surface area contributed by atoms with Crippen LogP contribution in [0.4, 0.5) is 0 Å². The summed E-state index contributed by atoms with van der Waals surface area (Å²) in [5.74, 6) is 0.450. The van der Waals surface area contributed by atoms with E-state index in [0.717, 1.165) is 13.0 Å². The van der Waals surface area contributed by atoms with Crippen LogP contribution in [0.15, 0.2) is 35.7 Å². The Morgan fingerprint density at radius 1 is 1.08 bits per heavy atom. The number of nitrogens with one attached hydrogen (secondary N) is 1. The van der Waals surface area contributed by atoms with E-state index in [2.05, 4.69) is 11.4 Å². The van der Waals surface area contributed by atoms with E-state index in [1.807, 2.05) is 23.5 Å². The third-order valence-corrected chi connectivity index (χ3v) is 6.56. The van der Waals surface area contributed by atoms with Gasteiger partial charge in [0, 0.05) is 22.8 Å². The maximum atomic E-state index is 12.7. The molecule has 1 saturated carbocycles. The summed E-state index contributed by atoms with van der Waals surface area (Å²) in [6, 6.07) is 9.87. The summed E-state index contributed by atoms with van der Waals surface area (Å²) in [4.78, 5) is 29.7. The second-order valence-corrected chi connectivity index (χ2v) is 8.02. The Balaban J connectivity index is 1.44. The van der Waals surface area contributed by atoms with Crippen LogP contribution in [-0.4, -0.2) is 29.9 Å². The van der Waals surface area contributed by atoms with Gasteiger partial charge in [0.05, 0.1) is 17.7 Å². The molecule has 2 aromatic rings. The Hall–Kier alpha value is -1.98. The predicted molar refractivity (Wildman–Crippen MR) is 91.1 cm³/mol. The van der Waals surface area contributed by atoms with E-state index >= 15 is 0 Å². The van der Waals surface area contributed by atoms with Gasteiger partial charge in [0.25, 0.3) is 11.8 Å². The summed E-state index contributed by atoms with van der Waals surface area (Å²) in [7, 11) is 0. The third kappa shape index (κ3) is 2.08. The number of hydrogen-bond acceptors (Lipinski definition) is 3. The Morgan fingerprint density at radius 3 is 2.46 bits per heavy atom. The van der Waals surface area contributed by atoms with Crippen LogP contribution in [0.5, 0.6) is 0 Å². The van der Waals surface area contributed by atoms with Crippen molar-refractivity contribution in [1.29, 1.82) is 0 Å². The molecule has 1 N–H and O–H groups in total. The molecular formula is C19H19N2O2S+. The lowest BCUT2D eigenvalue weighted by Gasteiger charge is -2.34. The van der Waals surface area contributed by atoms with Gasteiger partial charge in [0.2, 0.25) is 0 Å². The first kappa shape index (κ1) is 14.4. The van der Waals surface area contributed by atoms with Gasteiger partial charge in [-0.25, -0.2) is 4.90 Å². The van der Waals surface area contributed by atoms with Gasteiger partial charge in [-0.3, -0.25) is 9.59 Å². The fourth-order valence-electron chi connectivity index (χ4n) is 4.26. The topological polar surface area (TPSA) is 41.8 Å². The van der Waals surface area contributed by atoms with Crippen molar-refractivity contribution in [2.45, 2.75) is 25.3 Å². The lowest BCUT2D eigenvalue weighted by Crippen LogP contribution is -3.15. The fourth-order valence-corrected chi connectivity index (χ4v) is 5.19. The molecule has 1 aliphatic carbocycles. The minimum Gasteiger partial charge on any atom is -0.311 e. The SMILES string of the molecule is O=C1c2ccccc2C(=O)N1C[NH+]1CCc2sccc2[C@H]1C1CC1. The fraction of sp³-hybridized carbons (Fsp3) is 0.368. The number of rotatable bonds is 3. The van der Waals surface area contributed by atoms with Crippen molar-refractivity contribution in [3.05, 3.63) is 57.3 Å². The van der Waals surface area contributed by atoms with E-state index in [9.17, 15) is 9.59 Å². The summed E-state index contributed by atoms with van der Waals surface area (Å²) in [6.45, 7) is 1.49. The van der Waals surface area contributed by atoms with Crippen LogP contribution in [0.1, 0.15) is 50.0 Å². The second-order valence-electron chi connectivity index (χ2n) is 7.01. The number of fused-ring (bicyclic) bond motifs is 2. The summed E-state index contributed by atoms with van der Waals surface area (Å²) in [5.41, 5.74) is 2.57. The van der Waals surface area contributed by atoms with Crippen molar-refractivity contribution in [3.8, 4) is 0 Å². The Bertz CT molecular complexity index is 804.